The highest BCUT2D eigenvalue weighted by atomic mass is 32.1. The second-order valence-corrected chi connectivity index (χ2v) is 7.31. The molecule has 0 saturated heterocycles. The lowest BCUT2D eigenvalue weighted by Gasteiger charge is -2.40. The number of ether oxygens (including phenoxy) is 1. The van der Waals surface area contributed by atoms with Crippen LogP contribution in [0.2, 0.25) is 0 Å². The minimum atomic E-state index is 0.256. The minimum absolute atomic E-state index is 0.256. The molecular weight excluding hydrogens is 282 g/mol. The summed E-state index contributed by atoms with van der Waals surface area (Å²) in [5, 5.41) is 10.1. The zero-order chi connectivity index (χ0) is 14.6. The Hall–Kier alpha value is -1.52. The molecular formula is C17H19NO2S. The van der Waals surface area contributed by atoms with E-state index < -0.39 is 0 Å². The summed E-state index contributed by atoms with van der Waals surface area (Å²) in [5.41, 5.74) is 4.09. The average molecular weight is 301 g/mol. The predicted molar refractivity (Wildman–Crippen MR) is 84.3 cm³/mol. The third-order valence-electron chi connectivity index (χ3n) is 4.68. The molecule has 0 spiro atoms. The van der Waals surface area contributed by atoms with Gasteiger partial charge >= 0.3 is 0 Å². The number of methoxy groups -OCH3 is 1. The van der Waals surface area contributed by atoms with E-state index in [9.17, 15) is 5.11 Å². The Balaban J connectivity index is 1.77. The number of rotatable bonds is 1. The van der Waals surface area contributed by atoms with Gasteiger partial charge in [-0.3, -0.25) is 4.90 Å². The number of aryl methyl sites for hydroxylation is 1. The Kier molecular flexibility index (Phi) is 2.98. The largest absolute Gasteiger partial charge is 0.504 e. The van der Waals surface area contributed by atoms with Crippen molar-refractivity contribution in [3.8, 4) is 11.5 Å². The van der Waals surface area contributed by atoms with Gasteiger partial charge < -0.3 is 9.84 Å². The number of nitrogens with zero attached hydrogens (tertiary/aromatic N) is 1. The van der Waals surface area contributed by atoms with E-state index in [1.165, 1.54) is 26.4 Å². The molecule has 0 saturated carbocycles. The van der Waals surface area contributed by atoms with E-state index >= 15 is 0 Å². The Morgan fingerprint density at radius 2 is 2.14 bits per heavy atom. The lowest BCUT2D eigenvalue weighted by atomic mass is 9.86. The normalized spacial score (nSPS) is 20.6. The van der Waals surface area contributed by atoms with Crippen LogP contribution in [0.1, 0.15) is 32.5 Å². The first-order valence-electron chi connectivity index (χ1n) is 7.37. The summed E-state index contributed by atoms with van der Waals surface area (Å²) in [6.07, 6.45) is 2.09. The lowest BCUT2D eigenvalue weighted by molar-refractivity contribution is 0.162. The first kappa shape index (κ1) is 13.2. The van der Waals surface area contributed by atoms with Gasteiger partial charge in [-0.15, -0.1) is 11.3 Å². The maximum atomic E-state index is 10.1. The fraction of sp³-hybridized carbons (Fsp3) is 0.412. The molecule has 1 atom stereocenters. The third-order valence-corrected chi connectivity index (χ3v) is 5.80. The molecule has 2 aliphatic heterocycles. The van der Waals surface area contributed by atoms with E-state index in [1.807, 2.05) is 23.5 Å². The van der Waals surface area contributed by atoms with Crippen LogP contribution >= 0.6 is 11.3 Å². The Labute approximate surface area is 128 Å². The van der Waals surface area contributed by atoms with Crippen LogP contribution in [-0.2, 0) is 19.4 Å². The summed E-state index contributed by atoms with van der Waals surface area (Å²) in [7, 11) is 1.61. The van der Waals surface area contributed by atoms with Crippen LogP contribution in [0.3, 0.4) is 0 Å². The number of fused-ring (bicyclic) bond motifs is 4. The molecule has 3 heterocycles. The van der Waals surface area contributed by atoms with Crippen LogP contribution < -0.4 is 4.74 Å². The van der Waals surface area contributed by atoms with Crippen molar-refractivity contribution >= 4 is 11.3 Å². The van der Waals surface area contributed by atoms with Gasteiger partial charge in [-0.25, -0.2) is 0 Å². The van der Waals surface area contributed by atoms with Crippen molar-refractivity contribution in [2.45, 2.75) is 32.4 Å². The van der Waals surface area contributed by atoms with Crippen molar-refractivity contribution in [1.29, 1.82) is 0 Å². The number of aromatic hydroxyl groups is 1. The van der Waals surface area contributed by atoms with Gasteiger partial charge in [0.05, 0.1) is 7.11 Å². The molecule has 0 amide bonds. The first-order valence-corrected chi connectivity index (χ1v) is 8.19. The SMILES string of the molecule is COc1cc2c(cc1O)C1Cc3sc(C)cc3CN1CC2. The molecule has 0 fully saturated rings. The minimum Gasteiger partial charge on any atom is -0.504 e. The fourth-order valence-corrected chi connectivity index (χ4v) is 4.76. The van der Waals surface area contributed by atoms with Crippen LogP contribution in [0.5, 0.6) is 11.5 Å². The lowest BCUT2D eigenvalue weighted by Crippen LogP contribution is -2.38. The average Bonchev–Trinajstić information content (AvgIpc) is 2.83. The molecule has 1 aromatic heterocycles. The van der Waals surface area contributed by atoms with Crippen LogP contribution in [0, 0.1) is 6.92 Å². The highest BCUT2D eigenvalue weighted by Gasteiger charge is 2.33. The van der Waals surface area contributed by atoms with Crippen LogP contribution in [0.15, 0.2) is 18.2 Å². The number of hydrogen-bond acceptors (Lipinski definition) is 4. The molecule has 0 aliphatic carbocycles. The number of phenolic OH excluding ortho intramolecular Hbond substituents is 1. The molecule has 3 nitrogen and oxygen atoms in total. The highest BCUT2D eigenvalue weighted by molar-refractivity contribution is 7.12. The van der Waals surface area contributed by atoms with E-state index in [-0.39, 0.29) is 5.75 Å². The maximum Gasteiger partial charge on any atom is 0.160 e. The maximum absolute atomic E-state index is 10.1. The fourth-order valence-electron chi connectivity index (χ4n) is 3.68. The van der Waals surface area contributed by atoms with Gasteiger partial charge in [-0.05, 0) is 48.2 Å². The van der Waals surface area contributed by atoms with Gasteiger partial charge in [0, 0.05) is 35.3 Å². The zero-order valence-corrected chi connectivity index (χ0v) is 13.2. The Bertz CT molecular complexity index is 707. The quantitative estimate of drug-likeness (QED) is 0.876. The van der Waals surface area contributed by atoms with Crippen molar-refractivity contribution in [3.05, 3.63) is 44.6 Å². The van der Waals surface area contributed by atoms with Gasteiger partial charge in [0.15, 0.2) is 11.5 Å². The monoisotopic (exact) mass is 301 g/mol. The summed E-state index contributed by atoms with van der Waals surface area (Å²) in [6.45, 7) is 4.31. The van der Waals surface area contributed by atoms with Gasteiger partial charge in [-0.2, -0.15) is 0 Å². The van der Waals surface area contributed by atoms with E-state index in [1.54, 1.807) is 7.11 Å². The van der Waals surface area contributed by atoms with Crippen molar-refractivity contribution in [2.24, 2.45) is 0 Å². The summed E-state index contributed by atoms with van der Waals surface area (Å²) in [6, 6.07) is 6.65. The molecule has 2 aromatic rings. The Morgan fingerprint density at radius 3 is 2.95 bits per heavy atom. The van der Waals surface area contributed by atoms with Crippen LogP contribution in [-0.4, -0.2) is 23.7 Å². The van der Waals surface area contributed by atoms with Crippen LogP contribution in [0.4, 0.5) is 0 Å². The molecule has 1 unspecified atom stereocenters. The summed E-state index contributed by atoms with van der Waals surface area (Å²) < 4.78 is 5.25. The van der Waals surface area contributed by atoms with E-state index in [2.05, 4.69) is 17.9 Å². The summed E-state index contributed by atoms with van der Waals surface area (Å²) >= 11 is 1.92. The molecule has 1 N–H and O–H groups in total. The number of thiophene rings is 1. The van der Waals surface area contributed by atoms with Crippen molar-refractivity contribution in [1.82, 2.24) is 4.90 Å². The van der Waals surface area contributed by atoms with Crippen molar-refractivity contribution in [2.75, 3.05) is 13.7 Å². The Morgan fingerprint density at radius 1 is 1.29 bits per heavy atom. The highest BCUT2D eigenvalue weighted by Crippen LogP contribution is 2.43. The topological polar surface area (TPSA) is 32.7 Å². The number of phenols is 1. The second kappa shape index (κ2) is 4.75. The molecule has 2 aliphatic rings. The molecule has 110 valence electrons. The summed E-state index contributed by atoms with van der Waals surface area (Å²) in [5.74, 6) is 0.844. The first-order chi connectivity index (χ1) is 10.2. The predicted octanol–water partition coefficient (Wildman–Crippen LogP) is 3.43. The van der Waals surface area contributed by atoms with Crippen molar-refractivity contribution in [3.63, 3.8) is 0 Å². The smallest absolute Gasteiger partial charge is 0.160 e. The number of hydrogen-bond donors (Lipinski definition) is 1. The number of benzene rings is 1. The van der Waals surface area contributed by atoms with Gasteiger partial charge in [0.2, 0.25) is 0 Å². The van der Waals surface area contributed by atoms with Gasteiger partial charge in [0.25, 0.3) is 0 Å². The van der Waals surface area contributed by atoms with Crippen molar-refractivity contribution < 1.29 is 9.84 Å². The third kappa shape index (κ3) is 2.05. The standard InChI is InChI=1S/C17H19NO2S/c1-10-5-12-9-18-4-3-11-6-16(20-2)15(19)7-13(11)14(18)8-17(12)21-10/h5-7,14,19H,3-4,8-9H2,1-2H3. The molecule has 1 aromatic carbocycles. The second-order valence-electron chi connectivity index (χ2n) is 5.97. The summed E-state index contributed by atoms with van der Waals surface area (Å²) in [4.78, 5) is 5.46. The molecule has 0 bridgehead atoms. The van der Waals surface area contributed by atoms with Crippen LogP contribution in [0.25, 0.3) is 0 Å². The van der Waals surface area contributed by atoms with E-state index in [0.717, 1.165) is 25.9 Å². The zero-order valence-electron chi connectivity index (χ0n) is 12.3. The van der Waals surface area contributed by atoms with E-state index in [4.69, 9.17) is 4.74 Å². The molecule has 21 heavy (non-hydrogen) atoms. The molecule has 4 rings (SSSR count). The van der Waals surface area contributed by atoms with Gasteiger partial charge in [0.1, 0.15) is 0 Å². The molecule has 0 radical (unpaired) electrons. The molecule has 4 heteroatoms. The van der Waals surface area contributed by atoms with E-state index in [0.29, 0.717) is 11.8 Å². The van der Waals surface area contributed by atoms with Gasteiger partial charge in [-0.1, -0.05) is 0 Å².